The fraction of sp³-hybridized carbons (Fsp3) is 0.500. The zero-order chi connectivity index (χ0) is 15.9. The molecule has 23 heavy (non-hydrogen) atoms. The molecule has 1 aromatic heterocycles. The number of nitrogens with one attached hydrogen (secondary N) is 1. The molecule has 0 unspecified atom stereocenters. The number of H-pyrrole nitrogens is 1. The number of hydrogen-bond acceptors (Lipinski definition) is 3. The average Bonchev–Trinajstić information content (AvgIpc) is 2.96. The zero-order valence-corrected chi connectivity index (χ0v) is 13.4. The first kappa shape index (κ1) is 14.7. The quantitative estimate of drug-likeness (QED) is 0.924. The molecular formula is C18H22N2O3. The van der Waals surface area contributed by atoms with Gasteiger partial charge in [-0.05, 0) is 30.9 Å². The summed E-state index contributed by atoms with van der Waals surface area (Å²) in [4.78, 5) is 17.5. The number of fused-ring (bicyclic) bond motifs is 4. The number of hydrogen-bond donors (Lipinski definition) is 1. The van der Waals surface area contributed by atoms with E-state index in [9.17, 15) is 4.79 Å². The fourth-order valence-electron chi connectivity index (χ4n) is 4.00. The molecule has 1 fully saturated rings. The molecule has 0 atom stereocenters. The van der Waals surface area contributed by atoms with Crippen molar-refractivity contribution in [1.29, 1.82) is 0 Å². The van der Waals surface area contributed by atoms with Crippen molar-refractivity contribution in [2.45, 2.75) is 24.9 Å². The molecule has 2 aliphatic heterocycles. The van der Waals surface area contributed by atoms with Gasteiger partial charge in [-0.2, -0.15) is 0 Å². The second-order valence-corrected chi connectivity index (χ2v) is 6.43. The summed E-state index contributed by atoms with van der Waals surface area (Å²) in [6, 6.07) is 8.45. The number of aromatic nitrogens is 1. The predicted molar refractivity (Wildman–Crippen MR) is 87.3 cm³/mol. The van der Waals surface area contributed by atoms with E-state index in [2.05, 4.69) is 29.2 Å². The molecule has 1 aromatic carbocycles. The van der Waals surface area contributed by atoms with Crippen molar-refractivity contribution < 1.29 is 14.3 Å². The SMILES string of the molecule is COCC(=O)N1CCC2(CC1)OCCc1c2[nH]c2ccccc12. The topological polar surface area (TPSA) is 54.6 Å². The Bertz CT molecular complexity index is 729. The number of para-hydroxylation sites is 1. The highest BCUT2D eigenvalue weighted by atomic mass is 16.5. The number of ether oxygens (including phenoxy) is 2. The van der Waals surface area contributed by atoms with E-state index in [-0.39, 0.29) is 18.1 Å². The second-order valence-electron chi connectivity index (χ2n) is 6.43. The first-order valence-electron chi connectivity index (χ1n) is 8.24. The molecule has 1 amide bonds. The van der Waals surface area contributed by atoms with Crippen LogP contribution in [0.4, 0.5) is 0 Å². The van der Waals surface area contributed by atoms with Crippen molar-refractivity contribution in [2.24, 2.45) is 0 Å². The smallest absolute Gasteiger partial charge is 0.248 e. The summed E-state index contributed by atoms with van der Waals surface area (Å²) in [5.41, 5.74) is 3.53. The maximum absolute atomic E-state index is 12.0. The van der Waals surface area contributed by atoms with Crippen LogP contribution in [0.15, 0.2) is 24.3 Å². The van der Waals surface area contributed by atoms with Crippen molar-refractivity contribution in [3.8, 4) is 0 Å². The van der Waals surface area contributed by atoms with Crippen molar-refractivity contribution in [3.63, 3.8) is 0 Å². The first-order valence-corrected chi connectivity index (χ1v) is 8.24. The number of rotatable bonds is 2. The summed E-state index contributed by atoms with van der Waals surface area (Å²) in [5, 5.41) is 1.31. The first-order chi connectivity index (χ1) is 11.2. The molecule has 1 saturated heterocycles. The molecule has 122 valence electrons. The number of nitrogens with zero attached hydrogens (tertiary/aromatic N) is 1. The molecule has 0 saturated carbocycles. The Morgan fingerprint density at radius 2 is 2.13 bits per heavy atom. The summed E-state index contributed by atoms with van der Waals surface area (Å²) in [6.07, 6.45) is 2.62. The number of benzene rings is 1. The van der Waals surface area contributed by atoms with Gasteiger partial charge in [-0.15, -0.1) is 0 Å². The van der Waals surface area contributed by atoms with E-state index in [0.29, 0.717) is 0 Å². The lowest BCUT2D eigenvalue weighted by Crippen LogP contribution is -2.49. The second kappa shape index (κ2) is 5.65. The third-order valence-electron chi connectivity index (χ3n) is 5.19. The maximum atomic E-state index is 12.0. The van der Waals surface area contributed by atoms with Gasteiger partial charge >= 0.3 is 0 Å². The van der Waals surface area contributed by atoms with E-state index < -0.39 is 0 Å². The van der Waals surface area contributed by atoms with Gasteiger partial charge < -0.3 is 19.4 Å². The largest absolute Gasteiger partial charge is 0.375 e. The van der Waals surface area contributed by atoms with Gasteiger partial charge in [-0.3, -0.25) is 4.79 Å². The van der Waals surface area contributed by atoms with Crippen LogP contribution in [-0.4, -0.2) is 49.2 Å². The molecule has 1 N–H and O–H groups in total. The molecule has 0 aliphatic carbocycles. The molecule has 5 nitrogen and oxygen atoms in total. The number of likely N-dealkylation sites (tertiary alicyclic amines) is 1. The van der Waals surface area contributed by atoms with Gasteiger partial charge in [0.05, 0.1) is 12.3 Å². The lowest BCUT2D eigenvalue weighted by atomic mass is 9.83. The van der Waals surface area contributed by atoms with Crippen LogP contribution in [0.5, 0.6) is 0 Å². The highest BCUT2D eigenvalue weighted by molar-refractivity contribution is 5.85. The molecule has 0 bridgehead atoms. The zero-order valence-electron chi connectivity index (χ0n) is 13.4. The van der Waals surface area contributed by atoms with Crippen molar-refractivity contribution >= 4 is 16.8 Å². The summed E-state index contributed by atoms with van der Waals surface area (Å²) < 4.78 is 11.2. The molecule has 5 heteroatoms. The van der Waals surface area contributed by atoms with Gasteiger partial charge in [-0.25, -0.2) is 0 Å². The van der Waals surface area contributed by atoms with Gasteiger partial charge in [0.25, 0.3) is 0 Å². The van der Waals surface area contributed by atoms with Crippen LogP contribution in [0.1, 0.15) is 24.1 Å². The number of carbonyl (C=O) groups is 1. The Hall–Kier alpha value is -1.85. The number of carbonyl (C=O) groups excluding carboxylic acids is 1. The monoisotopic (exact) mass is 314 g/mol. The van der Waals surface area contributed by atoms with Gasteiger partial charge in [0.2, 0.25) is 5.91 Å². The minimum atomic E-state index is -0.267. The Labute approximate surface area is 135 Å². The van der Waals surface area contributed by atoms with Crippen LogP contribution in [-0.2, 0) is 26.3 Å². The molecule has 2 aromatic rings. The average molecular weight is 314 g/mol. The van der Waals surface area contributed by atoms with Crippen LogP contribution in [0.2, 0.25) is 0 Å². The number of aromatic amines is 1. The minimum absolute atomic E-state index is 0.0648. The van der Waals surface area contributed by atoms with Crippen LogP contribution in [0.25, 0.3) is 10.9 Å². The van der Waals surface area contributed by atoms with Crippen molar-refractivity contribution in [2.75, 3.05) is 33.4 Å². The Morgan fingerprint density at radius 3 is 2.91 bits per heavy atom. The van der Waals surface area contributed by atoms with E-state index in [1.807, 2.05) is 4.90 Å². The predicted octanol–water partition coefficient (Wildman–Crippen LogP) is 2.20. The molecule has 3 heterocycles. The maximum Gasteiger partial charge on any atom is 0.248 e. The molecule has 0 radical (unpaired) electrons. The highest BCUT2D eigenvalue weighted by Crippen LogP contribution is 2.43. The third-order valence-corrected chi connectivity index (χ3v) is 5.19. The summed E-state index contributed by atoms with van der Waals surface area (Å²) in [5.74, 6) is 0.0648. The van der Waals surface area contributed by atoms with Gasteiger partial charge in [0.15, 0.2) is 0 Å². The number of piperidine rings is 1. The van der Waals surface area contributed by atoms with Crippen LogP contribution in [0.3, 0.4) is 0 Å². The highest BCUT2D eigenvalue weighted by Gasteiger charge is 2.43. The fourth-order valence-corrected chi connectivity index (χ4v) is 4.00. The van der Waals surface area contributed by atoms with Gasteiger partial charge in [0.1, 0.15) is 12.2 Å². The van der Waals surface area contributed by atoms with Crippen molar-refractivity contribution in [3.05, 3.63) is 35.5 Å². The number of methoxy groups -OCH3 is 1. The van der Waals surface area contributed by atoms with E-state index in [1.165, 1.54) is 22.2 Å². The standard InChI is InChI=1S/C18H22N2O3/c1-22-12-16(21)20-9-7-18(8-10-20)17-14(6-11-23-18)13-4-2-3-5-15(13)19-17/h2-5,19H,6-12H2,1H3. The lowest BCUT2D eigenvalue weighted by molar-refractivity contribution is -0.144. The summed E-state index contributed by atoms with van der Waals surface area (Å²) >= 11 is 0. The van der Waals surface area contributed by atoms with E-state index >= 15 is 0 Å². The van der Waals surface area contributed by atoms with E-state index in [0.717, 1.165) is 39.0 Å². The molecule has 1 spiro atoms. The van der Waals surface area contributed by atoms with Crippen LogP contribution < -0.4 is 0 Å². The third kappa shape index (κ3) is 2.35. The minimum Gasteiger partial charge on any atom is -0.375 e. The van der Waals surface area contributed by atoms with Gasteiger partial charge in [-0.1, -0.05) is 18.2 Å². The molecule has 4 rings (SSSR count). The Kier molecular flexibility index (Phi) is 3.62. The van der Waals surface area contributed by atoms with E-state index in [1.54, 1.807) is 7.11 Å². The molecular weight excluding hydrogens is 292 g/mol. The summed E-state index contributed by atoms with van der Waals surface area (Å²) in [7, 11) is 1.56. The summed E-state index contributed by atoms with van der Waals surface area (Å²) in [6.45, 7) is 2.35. The Balaban J connectivity index is 1.63. The van der Waals surface area contributed by atoms with Crippen molar-refractivity contribution in [1.82, 2.24) is 9.88 Å². The van der Waals surface area contributed by atoms with Crippen LogP contribution >= 0.6 is 0 Å². The van der Waals surface area contributed by atoms with E-state index in [4.69, 9.17) is 9.47 Å². The molecule has 2 aliphatic rings. The Morgan fingerprint density at radius 1 is 1.35 bits per heavy atom. The van der Waals surface area contributed by atoms with Crippen LogP contribution in [0, 0.1) is 0 Å². The van der Waals surface area contributed by atoms with Gasteiger partial charge in [0, 0.05) is 31.1 Å². The lowest BCUT2D eigenvalue weighted by Gasteiger charge is -2.43. The number of amides is 1. The normalized spacial score (nSPS) is 20.0.